The number of carbonyl (C=O) groups excluding carboxylic acids is 1. The first kappa shape index (κ1) is 23.3. The normalized spacial score (nSPS) is 31.7. The standard InChI is InChI=1S/C24H30F2N2O3S/c1-13-28-22-17(9-21(31)27-11-14-6-15(25)8-16(26)7-14)23(2)5-4-20(30)24(3,12-29)19(23)10-18(22)32-13/h6-8,17,19-20,29-30H,4-5,9-12H2,1-3H3,(H,27,31). The van der Waals surface area contributed by atoms with Crippen LogP contribution in [0.1, 0.15) is 60.2 Å². The van der Waals surface area contributed by atoms with Gasteiger partial charge in [-0.3, -0.25) is 4.79 Å². The third-order valence-corrected chi connectivity index (χ3v) is 8.81. The van der Waals surface area contributed by atoms with Gasteiger partial charge in [0.25, 0.3) is 0 Å². The van der Waals surface area contributed by atoms with Crippen LogP contribution in [0.3, 0.4) is 0 Å². The van der Waals surface area contributed by atoms with Crippen LogP contribution in [-0.4, -0.2) is 33.8 Å². The molecule has 174 valence electrons. The molecule has 5 nitrogen and oxygen atoms in total. The van der Waals surface area contributed by atoms with Crippen molar-refractivity contribution in [3.05, 3.63) is 51.0 Å². The number of hydrogen-bond acceptors (Lipinski definition) is 5. The second kappa shape index (κ2) is 8.47. The number of aromatic nitrogens is 1. The van der Waals surface area contributed by atoms with E-state index in [1.807, 2.05) is 13.8 Å². The third-order valence-electron chi connectivity index (χ3n) is 7.80. The molecule has 1 heterocycles. The van der Waals surface area contributed by atoms with Crippen LogP contribution >= 0.6 is 11.3 Å². The number of aliphatic hydroxyl groups excluding tert-OH is 2. The molecule has 4 rings (SSSR count). The number of nitrogens with zero attached hydrogens (tertiary/aromatic N) is 1. The fourth-order valence-corrected chi connectivity index (χ4v) is 6.98. The molecule has 0 saturated heterocycles. The van der Waals surface area contributed by atoms with E-state index in [1.165, 1.54) is 12.1 Å². The fraction of sp³-hybridized carbons (Fsp3) is 0.583. The molecule has 2 aromatic rings. The number of fused-ring (bicyclic) bond motifs is 2. The predicted octanol–water partition coefficient (Wildman–Crippen LogP) is 3.85. The van der Waals surface area contributed by atoms with Crippen LogP contribution in [0.25, 0.3) is 0 Å². The number of carbonyl (C=O) groups is 1. The molecule has 2 aliphatic rings. The van der Waals surface area contributed by atoms with Crippen LogP contribution < -0.4 is 5.32 Å². The maximum absolute atomic E-state index is 13.5. The van der Waals surface area contributed by atoms with Gasteiger partial charge in [-0.05, 0) is 55.2 Å². The second-order valence-corrected chi connectivity index (χ2v) is 11.1. The molecule has 2 aliphatic carbocycles. The molecule has 0 spiro atoms. The van der Waals surface area contributed by atoms with Crippen molar-refractivity contribution in [2.75, 3.05) is 6.61 Å². The minimum atomic E-state index is -0.677. The summed E-state index contributed by atoms with van der Waals surface area (Å²) in [5.41, 5.74) is 0.334. The third kappa shape index (κ3) is 3.97. The highest BCUT2D eigenvalue weighted by atomic mass is 32.1. The monoisotopic (exact) mass is 464 g/mol. The van der Waals surface area contributed by atoms with Crippen molar-refractivity contribution in [1.29, 1.82) is 0 Å². The average Bonchev–Trinajstić information content (AvgIpc) is 3.10. The van der Waals surface area contributed by atoms with E-state index in [0.29, 0.717) is 12.0 Å². The van der Waals surface area contributed by atoms with E-state index in [2.05, 4.69) is 12.2 Å². The van der Waals surface area contributed by atoms with Gasteiger partial charge in [-0.15, -0.1) is 11.3 Å². The smallest absolute Gasteiger partial charge is 0.220 e. The zero-order valence-electron chi connectivity index (χ0n) is 18.6. The molecular formula is C24H30F2N2O3S. The first-order valence-electron chi connectivity index (χ1n) is 11.0. The number of halogens is 2. The number of rotatable bonds is 5. The molecule has 3 N–H and O–H groups in total. The van der Waals surface area contributed by atoms with Crippen molar-refractivity contribution in [2.45, 2.75) is 65.0 Å². The molecule has 1 fully saturated rings. The quantitative estimate of drug-likeness (QED) is 0.628. The van der Waals surface area contributed by atoms with Crippen molar-refractivity contribution in [1.82, 2.24) is 10.3 Å². The lowest BCUT2D eigenvalue weighted by molar-refractivity contribution is -0.144. The predicted molar refractivity (Wildman–Crippen MR) is 118 cm³/mol. The summed E-state index contributed by atoms with van der Waals surface area (Å²) in [7, 11) is 0. The molecule has 32 heavy (non-hydrogen) atoms. The molecule has 1 saturated carbocycles. The fourth-order valence-electron chi connectivity index (χ4n) is 5.94. The van der Waals surface area contributed by atoms with E-state index in [-0.39, 0.29) is 42.7 Å². The van der Waals surface area contributed by atoms with Gasteiger partial charge in [-0.2, -0.15) is 0 Å². The molecule has 8 heteroatoms. The summed E-state index contributed by atoms with van der Waals surface area (Å²) in [5, 5.41) is 24.7. The second-order valence-electron chi connectivity index (χ2n) is 9.83. The lowest BCUT2D eigenvalue weighted by Crippen LogP contribution is -2.57. The maximum atomic E-state index is 13.5. The van der Waals surface area contributed by atoms with Gasteiger partial charge in [0.2, 0.25) is 5.91 Å². The largest absolute Gasteiger partial charge is 0.396 e. The van der Waals surface area contributed by atoms with Crippen molar-refractivity contribution in [3.8, 4) is 0 Å². The number of hydrogen-bond donors (Lipinski definition) is 3. The Balaban J connectivity index is 1.60. The molecule has 5 atom stereocenters. The molecule has 0 aliphatic heterocycles. The van der Waals surface area contributed by atoms with Crippen LogP contribution in [0.4, 0.5) is 8.78 Å². The Hall–Kier alpha value is -1.90. The lowest BCUT2D eigenvalue weighted by Gasteiger charge is -2.58. The van der Waals surface area contributed by atoms with E-state index in [9.17, 15) is 23.8 Å². The van der Waals surface area contributed by atoms with E-state index in [1.54, 1.807) is 11.3 Å². The average molecular weight is 465 g/mol. The summed E-state index contributed by atoms with van der Waals surface area (Å²) in [4.78, 5) is 18.8. The molecule has 5 unspecified atom stereocenters. The van der Waals surface area contributed by atoms with Gasteiger partial charge in [-0.1, -0.05) is 13.8 Å². The minimum absolute atomic E-state index is 0.00575. The zero-order valence-corrected chi connectivity index (χ0v) is 19.4. The Bertz CT molecular complexity index is 1010. The zero-order chi connectivity index (χ0) is 23.3. The van der Waals surface area contributed by atoms with Gasteiger partial charge in [0, 0.05) is 35.2 Å². The van der Waals surface area contributed by atoms with E-state index < -0.39 is 23.2 Å². The van der Waals surface area contributed by atoms with E-state index >= 15 is 0 Å². The molecular weight excluding hydrogens is 434 g/mol. The topological polar surface area (TPSA) is 82.5 Å². The van der Waals surface area contributed by atoms with Crippen LogP contribution in [0.5, 0.6) is 0 Å². The van der Waals surface area contributed by atoms with E-state index in [4.69, 9.17) is 4.98 Å². The summed E-state index contributed by atoms with van der Waals surface area (Å²) < 4.78 is 26.9. The highest BCUT2D eigenvalue weighted by Crippen LogP contribution is 2.62. The summed E-state index contributed by atoms with van der Waals surface area (Å²) in [5.74, 6) is -1.72. The van der Waals surface area contributed by atoms with Crippen molar-refractivity contribution >= 4 is 17.2 Å². The van der Waals surface area contributed by atoms with Crippen molar-refractivity contribution in [2.24, 2.45) is 16.7 Å². The Morgan fingerprint density at radius 3 is 2.62 bits per heavy atom. The first-order valence-corrected chi connectivity index (χ1v) is 11.8. The van der Waals surface area contributed by atoms with Gasteiger partial charge < -0.3 is 15.5 Å². The number of thiazole rings is 1. The first-order chi connectivity index (χ1) is 15.1. The van der Waals surface area contributed by atoms with Crippen LogP contribution in [-0.2, 0) is 17.8 Å². The molecule has 0 radical (unpaired) electrons. The minimum Gasteiger partial charge on any atom is -0.396 e. The van der Waals surface area contributed by atoms with E-state index in [0.717, 1.165) is 34.5 Å². The highest BCUT2D eigenvalue weighted by molar-refractivity contribution is 7.11. The summed E-state index contributed by atoms with van der Waals surface area (Å²) in [6.45, 7) is 5.95. The number of benzene rings is 1. The molecule has 1 aromatic heterocycles. The van der Waals surface area contributed by atoms with Crippen LogP contribution in [0.2, 0.25) is 0 Å². The van der Waals surface area contributed by atoms with Crippen molar-refractivity contribution < 1.29 is 23.8 Å². The number of aryl methyl sites for hydroxylation is 1. The molecule has 1 aromatic carbocycles. The van der Waals surface area contributed by atoms with Crippen molar-refractivity contribution in [3.63, 3.8) is 0 Å². The number of nitrogens with one attached hydrogen (secondary N) is 1. The number of aliphatic hydroxyl groups is 2. The van der Waals surface area contributed by atoms with Crippen LogP contribution in [0.15, 0.2) is 18.2 Å². The van der Waals surface area contributed by atoms with Gasteiger partial charge in [0.1, 0.15) is 11.6 Å². The summed E-state index contributed by atoms with van der Waals surface area (Å²) in [6.07, 6.45) is 1.62. The Morgan fingerprint density at radius 1 is 1.28 bits per heavy atom. The SMILES string of the molecule is Cc1nc2c(s1)CC1C(C)(CO)C(O)CCC1(C)C2CC(=O)NCc1cc(F)cc(F)c1. The highest BCUT2D eigenvalue weighted by Gasteiger charge is 2.59. The van der Waals surface area contributed by atoms with Gasteiger partial charge >= 0.3 is 0 Å². The van der Waals surface area contributed by atoms with Gasteiger partial charge in [0.05, 0.1) is 23.4 Å². The number of amides is 1. The lowest BCUT2D eigenvalue weighted by atomic mass is 9.47. The molecule has 0 bridgehead atoms. The summed E-state index contributed by atoms with van der Waals surface area (Å²) in [6, 6.07) is 3.22. The Morgan fingerprint density at radius 2 is 1.97 bits per heavy atom. The van der Waals surface area contributed by atoms with Gasteiger partial charge in [0.15, 0.2) is 0 Å². The van der Waals surface area contributed by atoms with Crippen LogP contribution in [0, 0.1) is 35.3 Å². The Kier molecular flexibility index (Phi) is 6.15. The van der Waals surface area contributed by atoms with Gasteiger partial charge in [-0.25, -0.2) is 13.8 Å². The Labute approximate surface area is 190 Å². The maximum Gasteiger partial charge on any atom is 0.220 e. The summed E-state index contributed by atoms with van der Waals surface area (Å²) >= 11 is 1.61. The molecule has 1 amide bonds.